The van der Waals surface area contributed by atoms with Gasteiger partial charge in [0.25, 0.3) is 0 Å². The van der Waals surface area contributed by atoms with Gasteiger partial charge in [-0.25, -0.2) is 23.5 Å². The Kier molecular flexibility index (Phi) is 5.94. The van der Waals surface area contributed by atoms with Gasteiger partial charge in [0.2, 0.25) is 10.0 Å². The molecule has 0 amide bonds. The van der Waals surface area contributed by atoms with Crippen LogP contribution in [0.1, 0.15) is 11.4 Å². The van der Waals surface area contributed by atoms with Crippen LogP contribution in [0.4, 0.5) is 5.82 Å². The van der Waals surface area contributed by atoms with Gasteiger partial charge >= 0.3 is 0 Å². The molecule has 3 aromatic heterocycles. The zero-order valence-electron chi connectivity index (χ0n) is 18.9. The summed E-state index contributed by atoms with van der Waals surface area (Å²) < 4.78 is 23.7. The summed E-state index contributed by atoms with van der Waals surface area (Å²) in [5, 5.41) is 9.58. The van der Waals surface area contributed by atoms with E-state index in [2.05, 4.69) is 15.3 Å². The normalized spacial score (nSPS) is 11.5. The van der Waals surface area contributed by atoms with Crippen LogP contribution in [-0.4, -0.2) is 28.4 Å². The molecule has 0 aliphatic rings. The third-order valence-corrected chi connectivity index (χ3v) is 6.37. The monoisotopic (exact) mass is 482 g/mol. The Balaban J connectivity index is 1.68. The van der Waals surface area contributed by atoms with Crippen LogP contribution in [0.5, 0.6) is 0 Å². The van der Waals surface area contributed by atoms with Gasteiger partial charge in [0.05, 0.1) is 23.1 Å². The summed E-state index contributed by atoms with van der Waals surface area (Å²) >= 11 is 0. The van der Waals surface area contributed by atoms with Crippen molar-refractivity contribution in [1.29, 1.82) is 0 Å². The second kappa shape index (κ2) is 9.21. The van der Waals surface area contributed by atoms with Crippen molar-refractivity contribution in [3.05, 3.63) is 96.6 Å². The lowest BCUT2D eigenvalue weighted by molar-refractivity contribution is 0.597. The highest BCUT2D eigenvalue weighted by Gasteiger charge is 2.16. The third kappa shape index (κ3) is 4.86. The molecular formula is C26H22N6O2S. The van der Waals surface area contributed by atoms with Gasteiger partial charge in [0.15, 0.2) is 5.82 Å². The molecule has 0 saturated heterocycles. The van der Waals surface area contributed by atoms with Crippen molar-refractivity contribution in [2.45, 2.75) is 18.4 Å². The van der Waals surface area contributed by atoms with Crippen molar-refractivity contribution < 1.29 is 8.42 Å². The first-order valence-electron chi connectivity index (χ1n) is 10.9. The van der Waals surface area contributed by atoms with Crippen molar-refractivity contribution in [2.75, 3.05) is 5.32 Å². The number of sulfonamides is 1. The van der Waals surface area contributed by atoms with Crippen LogP contribution in [0.3, 0.4) is 0 Å². The van der Waals surface area contributed by atoms with Crippen LogP contribution in [-0.2, 0) is 16.6 Å². The first-order valence-corrected chi connectivity index (χ1v) is 12.4. The quantitative estimate of drug-likeness (QED) is 0.369. The predicted molar refractivity (Wildman–Crippen MR) is 136 cm³/mol. The molecule has 174 valence electrons. The number of benzene rings is 2. The largest absolute Gasteiger partial charge is 0.364 e. The van der Waals surface area contributed by atoms with E-state index in [0.717, 1.165) is 27.9 Å². The molecule has 0 fully saturated rings. The molecule has 2 aromatic carbocycles. The molecule has 0 aliphatic heterocycles. The molecule has 35 heavy (non-hydrogen) atoms. The molecule has 8 nitrogen and oxygen atoms in total. The molecule has 0 aliphatic carbocycles. The Bertz CT molecular complexity index is 1640. The number of rotatable bonds is 6. The Morgan fingerprint density at radius 2 is 1.66 bits per heavy atom. The van der Waals surface area contributed by atoms with Crippen molar-refractivity contribution in [1.82, 2.24) is 19.9 Å². The van der Waals surface area contributed by atoms with Crippen LogP contribution in [0.25, 0.3) is 33.4 Å². The van der Waals surface area contributed by atoms with Crippen molar-refractivity contribution in [2.24, 2.45) is 5.14 Å². The number of hydrogen-bond acceptors (Lipinski definition) is 7. The second-order valence-corrected chi connectivity index (χ2v) is 9.60. The average molecular weight is 483 g/mol. The number of primary sulfonamides is 1. The summed E-state index contributed by atoms with van der Waals surface area (Å²) in [6.45, 7) is 2.40. The average Bonchev–Trinajstić information content (AvgIpc) is 2.87. The zero-order chi connectivity index (χ0) is 24.4. The summed E-state index contributed by atoms with van der Waals surface area (Å²) in [7, 11) is -3.92. The molecule has 0 bridgehead atoms. The Morgan fingerprint density at radius 1 is 0.857 bits per heavy atom. The number of hydrogen-bond donors (Lipinski definition) is 2. The fourth-order valence-corrected chi connectivity index (χ4v) is 4.37. The molecule has 0 atom stereocenters. The number of nitrogens with one attached hydrogen (secondary N) is 1. The number of aryl methyl sites for hydroxylation is 1. The van der Waals surface area contributed by atoms with Gasteiger partial charge < -0.3 is 5.32 Å². The molecule has 0 spiro atoms. The summed E-state index contributed by atoms with van der Waals surface area (Å²) in [5.41, 5.74) is 4.95. The molecule has 0 saturated carbocycles. The Hall–Kier alpha value is -4.21. The molecule has 0 radical (unpaired) electrons. The molecule has 0 unspecified atom stereocenters. The van der Waals surface area contributed by atoms with Crippen molar-refractivity contribution in [3.8, 4) is 22.5 Å². The van der Waals surface area contributed by atoms with E-state index in [0.29, 0.717) is 29.3 Å². The number of pyridine rings is 2. The van der Waals surface area contributed by atoms with E-state index in [1.807, 2.05) is 73.7 Å². The fourth-order valence-electron chi connectivity index (χ4n) is 3.87. The Morgan fingerprint density at radius 3 is 2.43 bits per heavy atom. The minimum atomic E-state index is -3.92. The molecule has 3 N–H and O–H groups in total. The number of nitrogens with zero attached hydrogens (tertiary/aromatic N) is 4. The van der Waals surface area contributed by atoms with E-state index in [-0.39, 0.29) is 4.90 Å². The van der Waals surface area contributed by atoms with Gasteiger partial charge in [-0.3, -0.25) is 9.97 Å². The molecule has 3 heterocycles. The minimum absolute atomic E-state index is 0.102. The predicted octanol–water partition coefficient (Wildman–Crippen LogP) is 4.32. The van der Waals surface area contributed by atoms with E-state index in [1.54, 1.807) is 0 Å². The lowest BCUT2D eigenvalue weighted by atomic mass is 10.0. The van der Waals surface area contributed by atoms with Crippen molar-refractivity contribution in [3.63, 3.8) is 0 Å². The second-order valence-electron chi connectivity index (χ2n) is 8.04. The van der Waals surface area contributed by atoms with Crippen LogP contribution in [0.15, 0.2) is 90.1 Å². The standard InChI is InChI=1S/C26H22N6O2S/c1-17-7-5-10-20(30-17)15-29-26-24-22(18-8-3-2-4-9-18)11-6-12-23(24)31-25(32-26)19-13-21(16-28-14-19)35(27,33)34/h2-14,16H,15H2,1H3,(H2,27,33,34)(H,29,31,32). The summed E-state index contributed by atoms with van der Waals surface area (Å²) in [4.78, 5) is 18.0. The van der Waals surface area contributed by atoms with E-state index >= 15 is 0 Å². The highest BCUT2D eigenvalue weighted by atomic mass is 32.2. The SMILES string of the molecule is Cc1cccc(CNc2nc(-c3cncc(S(N)(=O)=O)c3)nc3cccc(-c4ccccc4)c23)n1. The molecule has 9 heteroatoms. The van der Waals surface area contributed by atoms with E-state index in [9.17, 15) is 8.42 Å². The number of anilines is 1. The van der Waals surface area contributed by atoms with Crippen LogP contribution in [0, 0.1) is 6.92 Å². The van der Waals surface area contributed by atoms with Gasteiger partial charge in [-0.15, -0.1) is 0 Å². The van der Waals surface area contributed by atoms with Gasteiger partial charge in [-0.2, -0.15) is 0 Å². The highest BCUT2D eigenvalue weighted by Crippen LogP contribution is 2.34. The summed E-state index contributed by atoms with van der Waals surface area (Å²) in [6.07, 6.45) is 2.72. The topological polar surface area (TPSA) is 124 Å². The van der Waals surface area contributed by atoms with Crippen molar-refractivity contribution >= 4 is 26.7 Å². The Labute approximate surface area is 203 Å². The van der Waals surface area contributed by atoms with Crippen LogP contribution >= 0.6 is 0 Å². The lowest BCUT2D eigenvalue weighted by Gasteiger charge is -2.14. The zero-order valence-corrected chi connectivity index (χ0v) is 19.7. The third-order valence-electron chi connectivity index (χ3n) is 5.49. The summed E-state index contributed by atoms with van der Waals surface area (Å²) in [6, 6.07) is 23.2. The van der Waals surface area contributed by atoms with E-state index in [1.165, 1.54) is 18.5 Å². The smallest absolute Gasteiger partial charge is 0.239 e. The molecule has 5 rings (SSSR count). The number of fused-ring (bicyclic) bond motifs is 1. The molecule has 5 aromatic rings. The minimum Gasteiger partial charge on any atom is -0.364 e. The van der Waals surface area contributed by atoms with Gasteiger partial charge in [0.1, 0.15) is 10.7 Å². The number of nitrogens with two attached hydrogens (primary N) is 1. The fraction of sp³-hybridized carbons (Fsp3) is 0.0769. The number of aromatic nitrogens is 4. The maximum absolute atomic E-state index is 11.9. The highest BCUT2D eigenvalue weighted by molar-refractivity contribution is 7.89. The maximum atomic E-state index is 11.9. The lowest BCUT2D eigenvalue weighted by Crippen LogP contribution is -2.12. The first-order chi connectivity index (χ1) is 16.9. The van der Waals surface area contributed by atoms with E-state index in [4.69, 9.17) is 15.1 Å². The van der Waals surface area contributed by atoms with Gasteiger partial charge in [-0.1, -0.05) is 48.5 Å². The first kappa shape index (κ1) is 22.6. The molecular weight excluding hydrogens is 460 g/mol. The van der Waals surface area contributed by atoms with E-state index < -0.39 is 10.0 Å². The van der Waals surface area contributed by atoms with Gasteiger partial charge in [-0.05, 0) is 42.3 Å². The summed E-state index contributed by atoms with van der Waals surface area (Å²) in [5.74, 6) is 0.939. The van der Waals surface area contributed by atoms with Gasteiger partial charge in [0, 0.05) is 23.7 Å². The maximum Gasteiger partial charge on any atom is 0.239 e. The van der Waals surface area contributed by atoms with Crippen LogP contribution < -0.4 is 10.5 Å². The van der Waals surface area contributed by atoms with Crippen LogP contribution in [0.2, 0.25) is 0 Å².